The minimum atomic E-state index is -3.66. The molecule has 1 heterocycles. The SMILES string of the molecule is Cc1ccc(NC(=O)c2ccc(S(=O)(=O)N3C[C@@H](C)C[C@H](C)C3)cc2)cc1S(=O)(=O)N(C)C. The van der Waals surface area contributed by atoms with Crippen molar-refractivity contribution in [3.8, 4) is 0 Å². The van der Waals surface area contributed by atoms with Crippen LogP contribution in [0.15, 0.2) is 52.3 Å². The first-order valence-electron chi connectivity index (χ1n) is 10.8. The summed E-state index contributed by atoms with van der Waals surface area (Å²) in [5.41, 5.74) is 1.17. The Labute approximate surface area is 196 Å². The standard InChI is InChI=1S/C23H31N3O5S2/c1-16-12-17(2)15-26(14-16)32(28,29)21-10-7-19(8-11-21)23(27)24-20-9-6-18(3)22(13-20)33(30,31)25(4)5/h6-11,13,16-17H,12,14-15H2,1-5H3,(H,24,27)/t16-,17-/m0/s1. The summed E-state index contributed by atoms with van der Waals surface area (Å²) in [6, 6.07) is 10.5. The molecule has 1 aliphatic rings. The number of aryl methyl sites for hydroxylation is 1. The Kier molecular flexibility index (Phi) is 7.33. The number of piperidine rings is 1. The second-order valence-electron chi connectivity index (χ2n) is 9.01. The predicted molar refractivity (Wildman–Crippen MR) is 128 cm³/mol. The molecule has 180 valence electrons. The molecule has 2 atom stereocenters. The average molecular weight is 494 g/mol. The van der Waals surface area contributed by atoms with Crippen molar-refractivity contribution in [3.05, 3.63) is 53.6 Å². The molecule has 0 aromatic heterocycles. The molecule has 3 rings (SSSR count). The van der Waals surface area contributed by atoms with Gasteiger partial charge in [-0.25, -0.2) is 21.1 Å². The maximum Gasteiger partial charge on any atom is 0.255 e. The van der Waals surface area contributed by atoms with Gasteiger partial charge in [-0.3, -0.25) is 4.79 Å². The molecule has 0 bridgehead atoms. The Bertz CT molecular complexity index is 1230. The summed E-state index contributed by atoms with van der Waals surface area (Å²) >= 11 is 0. The Balaban J connectivity index is 1.79. The first kappa shape index (κ1) is 25.4. The van der Waals surface area contributed by atoms with Gasteiger partial charge >= 0.3 is 0 Å². The van der Waals surface area contributed by atoms with Crippen LogP contribution in [0.1, 0.15) is 36.2 Å². The molecule has 1 amide bonds. The fourth-order valence-electron chi connectivity index (χ4n) is 4.09. The highest BCUT2D eigenvalue weighted by Gasteiger charge is 2.31. The van der Waals surface area contributed by atoms with Crippen LogP contribution in [0.3, 0.4) is 0 Å². The van der Waals surface area contributed by atoms with Crippen LogP contribution in [0.4, 0.5) is 5.69 Å². The van der Waals surface area contributed by atoms with Gasteiger partial charge in [0.05, 0.1) is 9.79 Å². The van der Waals surface area contributed by atoms with E-state index in [1.165, 1.54) is 48.7 Å². The zero-order valence-corrected chi connectivity index (χ0v) is 21.2. The second kappa shape index (κ2) is 9.54. The average Bonchev–Trinajstić information content (AvgIpc) is 2.74. The van der Waals surface area contributed by atoms with E-state index in [9.17, 15) is 21.6 Å². The molecule has 0 spiro atoms. The minimum Gasteiger partial charge on any atom is -0.322 e. The molecule has 1 aliphatic heterocycles. The monoisotopic (exact) mass is 493 g/mol. The number of nitrogens with one attached hydrogen (secondary N) is 1. The fourth-order valence-corrected chi connectivity index (χ4v) is 6.91. The number of benzene rings is 2. The molecular formula is C23H31N3O5S2. The van der Waals surface area contributed by atoms with Crippen LogP contribution in [0.25, 0.3) is 0 Å². The van der Waals surface area contributed by atoms with Crippen molar-refractivity contribution in [2.75, 3.05) is 32.5 Å². The number of hydrogen-bond donors (Lipinski definition) is 1. The van der Waals surface area contributed by atoms with Crippen LogP contribution < -0.4 is 5.32 Å². The number of hydrogen-bond acceptors (Lipinski definition) is 5. The summed E-state index contributed by atoms with van der Waals surface area (Å²) in [4.78, 5) is 13.0. The van der Waals surface area contributed by atoms with Gasteiger partial charge in [-0.1, -0.05) is 19.9 Å². The highest BCUT2D eigenvalue weighted by Crippen LogP contribution is 2.27. The number of nitrogens with zero attached hydrogens (tertiary/aromatic N) is 2. The topological polar surface area (TPSA) is 104 Å². The van der Waals surface area contributed by atoms with Gasteiger partial charge in [0.1, 0.15) is 0 Å². The van der Waals surface area contributed by atoms with Crippen LogP contribution in [-0.2, 0) is 20.0 Å². The zero-order valence-electron chi connectivity index (χ0n) is 19.6. The summed E-state index contributed by atoms with van der Waals surface area (Å²) in [6.07, 6.45) is 1.00. The summed E-state index contributed by atoms with van der Waals surface area (Å²) in [5.74, 6) is 0.129. The van der Waals surface area contributed by atoms with Crippen LogP contribution in [0.2, 0.25) is 0 Å². The molecule has 0 aliphatic carbocycles. The predicted octanol–water partition coefficient (Wildman–Crippen LogP) is 3.16. The molecule has 1 N–H and O–H groups in total. The van der Waals surface area contributed by atoms with Crippen molar-refractivity contribution < 1.29 is 21.6 Å². The van der Waals surface area contributed by atoms with Gasteiger partial charge in [-0.15, -0.1) is 0 Å². The molecule has 1 fully saturated rings. The number of amides is 1. The lowest BCUT2D eigenvalue weighted by Gasteiger charge is -2.34. The highest BCUT2D eigenvalue weighted by molar-refractivity contribution is 7.89. The molecule has 1 saturated heterocycles. The maximum atomic E-state index is 13.0. The van der Waals surface area contributed by atoms with E-state index in [4.69, 9.17) is 0 Å². The number of carbonyl (C=O) groups excluding carboxylic acids is 1. The summed E-state index contributed by atoms with van der Waals surface area (Å²) < 4.78 is 53.7. The van der Waals surface area contributed by atoms with Crippen molar-refractivity contribution in [2.45, 2.75) is 37.0 Å². The van der Waals surface area contributed by atoms with Gasteiger partial charge in [0.2, 0.25) is 20.0 Å². The third kappa shape index (κ3) is 5.46. The fraction of sp³-hybridized carbons (Fsp3) is 0.435. The van der Waals surface area contributed by atoms with Crippen LogP contribution in [0.5, 0.6) is 0 Å². The number of sulfonamides is 2. The zero-order chi connectivity index (χ0) is 24.6. The van der Waals surface area contributed by atoms with Gasteiger partial charge in [0, 0.05) is 38.4 Å². The van der Waals surface area contributed by atoms with Crippen LogP contribution in [-0.4, -0.2) is 58.5 Å². The van der Waals surface area contributed by atoms with Gasteiger partial charge in [-0.2, -0.15) is 4.31 Å². The summed E-state index contributed by atoms with van der Waals surface area (Å²) in [5, 5.41) is 2.69. The van der Waals surface area contributed by atoms with Gasteiger partial charge in [0.15, 0.2) is 0 Å². The lowest BCUT2D eigenvalue weighted by molar-refractivity contribution is 0.102. The molecule has 0 saturated carbocycles. The molecule has 2 aromatic carbocycles. The molecular weight excluding hydrogens is 462 g/mol. The summed E-state index contributed by atoms with van der Waals surface area (Å²) in [6.45, 7) is 6.75. The van der Waals surface area contributed by atoms with E-state index < -0.39 is 26.0 Å². The molecule has 2 aromatic rings. The molecule has 33 heavy (non-hydrogen) atoms. The van der Waals surface area contributed by atoms with Crippen molar-refractivity contribution in [2.24, 2.45) is 11.8 Å². The largest absolute Gasteiger partial charge is 0.322 e. The van der Waals surface area contributed by atoms with Crippen LogP contribution >= 0.6 is 0 Å². The maximum absolute atomic E-state index is 13.0. The number of anilines is 1. The van der Waals surface area contributed by atoms with E-state index >= 15 is 0 Å². The number of carbonyl (C=O) groups is 1. The van der Waals surface area contributed by atoms with Crippen molar-refractivity contribution >= 4 is 31.6 Å². The Morgan fingerprint density at radius 1 is 0.970 bits per heavy atom. The van der Waals surface area contributed by atoms with Gasteiger partial charge < -0.3 is 5.32 Å². The van der Waals surface area contributed by atoms with E-state index in [0.717, 1.165) is 10.7 Å². The molecule has 8 nitrogen and oxygen atoms in total. The molecule has 10 heteroatoms. The Morgan fingerprint density at radius 2 is 1.55 bits per heavy atom. The lowest BCUT2D eigenvalue weighted by Crippen LogP contribution is -2.42. The van der Waals surface area contributed by atoms with Crippen LogP contribution in [0, 0.1) is 18.8 Å². The Hall–Kier alpha value is -2.27. The van der Waals surface area contributed by atoms with E-state index in [-0.39, 0.29) is 15.4 Å². The van der Waals surface area contributed by atoms with E-state index in [1.54, 1.807) is 19.1 Å². The molecule has 0 radical (unpaired) electrons. The van der Waals surface area contributed by atoms with Crippen molar-refractivity contribution in [1.82, 2.24) is 8.61 Å². The third-order valence-electron chi connectivity index (χ3n) is 5.79. The van der Waals surface area contributed by atoms with Crippen molar-refractivity contribution in [1.29, 1.82) is 0 Å². The highest BCUT2D eigenvalue weighted by atomic mass is 32.2. The smallest absolute Gasteiger partial charge is 0.255 e. The van der Waals surface area contributed by atoms with E-state index in [0.29, 0.717) is 36.2 Å². The second-order valence-corrected chi connectivity index (χ2v) is 13.1. The first-order chi connectivity index (χ1) is 15.3. The van der Waals surface area contributed by atoms with Gasteiger partial charge in [-0.05, 0) is 67.1 Å². The minimum absolute atomic E-state index is 0.108. The first-order valence-corrected chi connectivity index (χ1v) is 13.6. The van der Waals surface area contributed by atoms with Gasteiger partial charge in [0.25, 0.3) is 5.91 Å². The van der Waals surface area contributed by atoms with Crippen molar-refractivity contribution in [3.63, 3.8) is 0 Å². The van der Waals surface area contributed by atoms with E-state index in [2.05, 4.69) is 5.32 Å². The molecule has 0 unspecified atom stereocenters. The normalized spacial score (nSPS) is 20.1. The Morgan fingerprint density at radius 3 is 2.09 bits per heavy atom. The number of rotatable bonds is 6. The lowest BCUT2D eigenvalue weighted by atomic mass is 9.94. The quantitative estimate of drug-likeness (QED) is 0.666. The van der Waals surface area contributed by atoms with E-state index in [1.807, 2.05) is 13.8 Å². The third-order valence-corrected chi connectivity index (χ3v) is 9.60. The summed E-state index contributed by atoms with van der Waals surface area (Å²) in [7, 11) is -4.40.